The molecule has 2 amide bonds. The highest BCUT2D eigenvalue weighted by Crippen LogP contribution is 2.46. The van der Waals surface area contributed by atoms with Crippen molar-refractivity contribution < 1.29 is 58.9 Å². The number of carbonyl (C=O) groups excluding carboxylic acids is 4. The van der Waals surface area contributed by atoms with Crippen molar-refractivity contribution in [2.24, 2.45) is 22.4 Å². The van der Waals surface area contributed by atoms with Gasteiger partial charge in [-0.05, 0) is 55.0 Å². The fraction of sp³-hybridized carbons (Fsp3) is 0.410. The van der Waals surface area contributed by atoms with E-state index >= 15 is 0 Å². The number of aliphatic hydroxyl groups is 4. The van der Waals surface area contributed by atoms with Crippen LogP contribution in [0, 0.1) is 5.92 Å². The predicted molar refractivity (Wildman–Crippen MR) is 200 cm³/mol. The summed E-state index contributed by atoms with van der Waals surface area (Å²) in [5, 5.41) is 63.4. The first kappa shape index (κ1) is 39.4. The number of aliphatic hydroxyl groups excluding tert-OH is 3. The van der Waals surface area contributed by atoms with E-state index in [-0.39, 0.29) is 58.6 Å². The lowest BCUT2D eigenvalue weighted by molar-refractivity contribution is -0.316. The SMILES string of the molecule is CN=C(N)N[C@@H]1CCCc2cc3c(c(O)c21)C(=O)c1c(O[C@@H]2O[C@H](CO)[C@](O)(C[C@H](CN4C(=O)C=CC4=O)C4=CCNC(N)=C4)[C@H](O)[C@H]2O)cc(OC)cc1C3=O. The Kier molecular flexibility index (Phi) is 10.6. The van der Waals surface area contributed by atoms with Gasteiger partial charge in [-0.15, -0.1) is 0 Å². The van der Waals surface area contributed by atoms with Gasteiger partial charge in [-0.2, -0.15) is 0 Å². The average Bonchev–Trinajstić information content (AvgIpc) is 3.51. The van der Waals surface area contributed by atoms with Gasteiger partial charge in [0.25, 0.3) is 11.8 Å². The summed E-state index contributed by atoms with van der Waals surface area (Å²) in [6.45, 7) is -0.870. The number of dihydropyridines is 1. The summed E-state index contributed by atoms with van der Waals surface area (Å²) >= 11 is 0. The molecular weight excluding hydrogens is 744 g/mol. The summed E-state index contributed by atoms with van der Waals surface area (Å²) in [5.74, 6) is -3.70. The number of benzene rings is 2. The molecule has 1 saturated heterocycles. The van der Waals surface area contributed by atoms with Crippen LogP contribution in [0.25, 0.3) is 0 Å². The van der Waals surface area contributed by atoms with Gasteiger partial charge >= 0.3 is 0 Å². The van der Waals surface area contributed by atoms with Crippen LogP contribution >= 0.6 is 0 Å². The van der Waals surface area contributed by atoms with Crippen LogP contribution in [0.5, 0.6) is 17.2 Å². The maximum absolute atomic E-state index is 14.4. The number of ether oxygens (including phenoxy) is 3. The predicted octanol–water partition coefficient (Wildman–Crippen LogP) is -1.10. The number of aliphatic imine (C=N–C) groups is 1. The van der Waals surface area contributed by atoms with Crippen molar-refractivity contribution in [1.82, 2.24) is 15.5 Å². The molecule has 11 N–H and O–H groups in total. The number of phenolic OH excluding ortho intramolecular Hbond substituents is 1. The van der Waals surface area contributed by atoms with Crippen molar-refractivity contribution in [3.63, 3.8) is 0 Å². The van der Waals surface area contributed by atoms with Crippen molar-refractivity contribution in [1.29, 1.82) is 0 Å². The van der Waals surface area contributed by atoms with Gasteiger partial charge in [0, 0.05) is 61.0 Å². The monoisotopic (exact) mass is 788 g/mol. The Balaban J connectivity index is 1.22. The molecule has 0 spiro atoms. The van der Waals surface area contributed by atoms with E-state index in [1.165, 1.54) is 26.3 Å². The fourth-order valence-corrected chi connectivity index (χ4v) is 8.30. The van der Waals surface area contributed by atoms with Crippen LogP contribution < -0.4 is 31.6 Å². The Morgan fingerprint density at radius 2 is 1.84 bits per heavy atom. The number of aryl methyl sites for hydroxylation is 1. The molecule has 0 unspecified atom stereocenters. The molecule has 3 heterocycles. The summed E-state index contributed by atoms with van der Waals surface area (Å²) in [6.07, 6.45) is -0.790. The minimum Gasteiger partial charge on any atom is -0.507 e. The molecule has 7 atom stereocenters. The molecule has 5 aliphatic rings. The molecule has 18 nitrogen and oxygen atoms in total. The summed E-state index contributed by atoms with van der Waals surface area (Å²) in [4.78, 5) is 58.5. The lowest BCUT2D eigenvalue weighted by Crippen LogP contribution is -2.68. The van der Waals surface area contributed by atoms with E-state index in [1.54, 1.807) is 18.2 Å². The lowest BCUT2D eigenvalue weighted by atomic mass is 9.75. The minimum atomic E-state index is -2.41. The fourth-order valence-electron chi connectivity index (χ4n) is 8.30. The highest BCUT2D eigenvalue weighted by molar-refractivity contribution is 6.30. The first-order valence-electron chi connectivity index (χ1n) is 18.4. The first-order chi connectivity index (χ1) is 27.2. The number of nitrogens with zero attached hydrogens (tertiary/aromatic N) is 2. The van der Waals surface area contributed by atoms with Gasteiger partial charge in [-0.25, -0.2) is 0 Å². The number of rotatable bonds is 10. The largest absolute Gasteiger partial charge is 0.507 e. The molecule has 7 rings (SSSR count). The number of allylic oxidation sites excluding steroid dienone is 1. The number of nitrogens with one attached hydrogen (secondary N) is 2. The van der Waals surface area contributed by atoms with Gasteiger partial charge in [-0.3, -0.25) is 29.1 Å². The van der Waals surface area contributed by atoms with Gasteiger partial charge in [-0.1, -0.05) is 6.08 Å². The number of hydrogen-bond donors (Lipinski definition) is 9. The highest BCUT2D eigenvalue weighted by Gasteiger charge is 2.57. The number of imide groups is 1. The van der Waals surface area contributed by atoms with Crippen LogP contribution in [-0.2, 0) is 20.7 Å². The standard InChI is InChI=1S/C39H44N6O12/c1-42-38(41)44-23-5-3-4-18-10-21-31(33(50)29(18)23)34(51)30-22(32(21)49)12-20(55-2)13-24(30)56-37-35(52)36(53)39(54,25(16-46)57-37)14-19(17-8-9-43-26(40)11-17)15-45-27(47)6-7-28(45)48/h6-8,10-13,19,23,25,35-37,43,46,50,52-54H,3-5,9,14-16,40H2,1-2H3,(H3,41,42,44)/t19-,23-,25-,35-,36-,37-,39-/m1/s1. The summed E-state index contributed by atoms with van der Waals surface area (Å²) < 4.78 is 17.4. The molecule has 18 heteroatoms. The van der Waals surface area contributed by atoms with Gasteiger partial charge in [0.15, 0.2) is 11.7 Å². The summed E-state index contributed by atoms with van der Waals surface area (Å²) in [7, 11) is 2.82. The lowest BCUT2D eigenvalue weighted by Gasteiger charge is -2.49. The van der Waals surface area contributed by atoms with Crippen molar-refractivity contribution in [3.05, 3.63) is 87.3 Å². The van der Waals surface area contributed by atoms with E-state index in [0.717, 1.165) is 17.1 Å². The summed E-state index contributed by atoms with van der Waals surface area (Å²) in [5.41, 5.74) is 10.4. The molecule has 2 aromatic carbocycles. The number of methoxy groups -OCH3 is 1. The van der Waals surface area contributed by atoms with Crippen molar-refractivity contribution in [2.45, 2.75) is 61.9 Å². The molecule has 2 aromatic rings. The van der Waals surface area contributed by atoms with Crippen LogP contribution in [-0.4, -0.2) is 124 Å². The van der Waals surface area contributed by atoms with E-state index in [4.69, 9.17) is 25.7 Å². The number of amides is 2. The molecule has 3 aliphatic heterocycles. The van der Waals surface area contributed by atoms with Crippen molar-refractivity contribution in [2.75, 3.05) is 33.9 Å². The van der Waals surface area contributed by atoms with Crippen LogP contribution in [0.15, 0.2) is 58.9 Å². The Labute approximate surface area is 326 Å². The topological polar surface area (TPSA) is 289 Å². The third kappa shape index (κ3) is 6.88. The first-order valence-corrected chi connectivity index (χ1v) is 18.4. The average molecular weight is 789 g/mol. The van der Waals surface area contributed by atoms with Crippen LogP contribution in [0.2, 0.25) is 0 Å². The summed E-state index contributed by atoms with van der Waals surface area (Å²) in [6, 6.07) is 3.68. The van der Waals surface area contributed by atoms with E-state index in [9.17, 15) is 44.7 Å². The Morgan fingerprint density at radius 3 is 2.51 bits per heavy atom. The van der Waals surface area contributed by atoms with E-state index < -0.39 is 84.3 Å². The zero-order chi connectivity index (χ0) is 40.9. The van der Waals surface area contributed by atoms with E-state index in [1.807, 2.05) is 0 Å². The number of guanidine groups is 1. The van der Waals surface area contributed by atoms with Gasteiger partial charge in [0.2, 0.25) is 12.1 Å². The number of phenols is 1. The van der Waals surface area contributed by atoms with E-state index in [2.05, 4.69) is 15.6 Å². The van der Waals surface area contributed by atoms with Gasteiger partial charge in [0.1, 0.15) is 41.2 Å². The Bertz CT molecular complexity index is 2140. The normalized spacial score (nSPS) is 27.5. The molecule has 1 fully saturated rings. The number of nitrogens with two attached hydrogens (primary N) is 2. The molecule has 0 saturated carbocycles. The second-order valence-corrected chi connectivity index (χ2v) is 14.6. The van der Waals surface area contributed by atoms with Gasteiger partial charge < -0.3 is 61.8 Å². The molecule has 302 valence electrons. The minimum absolute atomic E-state index is 0.0290. The maximum Gasteiger partial charge on any atom is 0.253 e. The quantitative estimate of drug-likeness (QED) is 0.0669. The van der Waals surface area contributed by atoms with Crippen LogP contribution in [0.4, 0.5) is 0 Å². The molecule has 2 aliphatic carbocycles. The van der Waals surface area contributed by atoms with Crippen molar-refractivity contribution in [3.8, 4) is 17.2 Å². The van der Waals surface area contributed by atoms with E-state index in [0.29, 0.717) is 36.0 Å². The van der Waals surface area contributed by atoms with Crippen LogP contribution in [0.3, 0.4) is 0 Å². The maximum atomic E-state index is 14.4. The molecule has 57 heavy (non-hydrogen) atoms. The van der Waals surface area contributed by atoms with Gasteiger partial charge in [0.05, 0.1) is 36.7 Å². The zero-order valence-corrected chi connectivity index (χ0v) is 31.1. The third-order valence-corrected chi connectivity index (χ3v) is 11.2. The molecule has 0 aromatic heterocycles. The smallest absolute Gasteiger partial charge is 0.253 e. The number of aromatic hydroxyl groups is 1. The molecule has 0 radical (unpaired) electrons. The number of hydrogen-bond acceptors (Lipinski definition) is 15. The Hall–Kier alpha value is -5.79. The van der Waals surface area contributed by atoms with Crippen molar-refractivity contribution >= 4 is 29.3 Å². The zero-order valence-electron chi connectivity index (χ0n) is 31.1. The molecular formula is C39H44N6O12. The number of carbonyl (C=O) groups is 4. The second-order valence-electron chi connectivity index (χ2n) is 14.6. The highest BCUT2D eigenvalue weighted by atomic mass is 16.7. The number of ketones is 2. The Morgan fingerprint density at radius 1 is 1.12 bits per heavy atom. The molecule has 0 bridgehead atoms. The number of fused-ring (bicyclic) bond motifs is 3. The van der Waals surface area contributed by atoms with Crippen LogP contribution in [0.1, 0.15) is 68.3 Å². The second kappa shape index (κ2) is 15.3. The third-order valence-electron chi connectivity index (χ3n) is 11.2.